The van der Waals surface area contributed by atoms with Gasteiger partial charge in [-0.3, -0.25) is 19.2 Å². The molecule has 1 aliphatic rings. The summed E-state index contributed by atoms with van der Waals surface area (Å²) in [5.74, 6) is -1.78. The normalized spacial score (nSPS) is 23.1. The number of thioether (sulfide) groups is 1. The van der Waals surface area contributed by atoms with Crippen LogP contribution in [-0.4, -0.2) is 70.6 Å². The lowest BCUT2D eigenvalue weighted by atomic mass is 9.80. The molecule has 0 saturated heterocycles. The van der Waals surface area contributed by atoms with Crippen LogP contribution in [-0.2, 0) is 19.2 Å². The lowest BCUT2D eigenvalue weighted by Crippen LogP contribution is -2.51. The van der Waals surface area contributed by atoms with Crippen LogP contribution in [0.1, 0.15) is 52.4 Å². The highest BCUT2D eigenvalue weighted by molar-refractivity contribution is 7.98. The maximum Gasteiger partial charge on any atom is 0.303 e. The SMILES string of the molecule is CSCCC(C)NC(=O)CNC(=O)C(CCC(=O)O)NC(=O)C1CCC(C)C(O)C1. The Morgan fingerprint density at radius 2 is 1.83 bits per heavy atom. The molecule has 5 unspecified atom stereocenters. The van der Waals surface area contributed by atoms with Crippen LogP contribution in [0.5, 0.6) is 0 Å². The Morgan fingerprint density at radius 3 is 2.43 bits per heavy atom. The van der Waals surface area contributed by atoms with Crippen molar-refractivity contribution in [1.82, 2.24) is 16.0 Å². The second-order valence-corrected chi connectivity index (χ2v) is 9.00. The van der Waals surface area contributed by atoms with Gasteiger partial charge in [0.2, 0.25) is 17.7 Å². The van der Waals surface area contributed by atoms with Gasteiger partial charge in [0.25, 0.3) is 0 Å². The van der Waals surface area contributed by atoms with Crippen LogP contribution in [0, 0.1) is 11.8 Å². The van der Waals surface area contributed by atoms with Gasteiger partial charge in [-0.1, -0.05) is 6.92 Å². The highest BCUT2D eigenvalue weighted by Gasteiger charge is 2.32. The Kier molecular flexibility index (Phi) is 11.8. The summed E-state index contributed by atoms with van der Waals surface area (Å²) < 4.78 is 0. The molecule has 0 heterocycles. The molecule has 0 aromatic rings. The quantitative estimate of drug-likeness (QED) is 0.294. The number of carbonyl (C=O) groups excluding carboxylic acids is 3. The summed E-state index contributed by atoms with van der Waals surface area (Å²) in [6.07, 6.45) is 3.48. The van der Waals surface area contributed by atoms with Crippen LogP contribution in [0.4, 0.5) is 0 Å². The van der Waals surface area contributed by atoms with Gasteiger partial charge in [-0.15, -0.1) is 0 Å². The monoisotopic (exact) mass is 445 g/mol. The van der Waals surface area contributed by atoms with Crippen LogP contribution < -0.4 is 16.0 Å². The molecule has 9 nitrogen and oxygen atoms in total. The van der Waals surface area contributed by atoms with Crippen molar-refractivity contribution in [3.8, 4) is 0 Å². The molecule has 0 aromatic heterocycles. The van der Waals surface area contributed by atoms with Crippen LogP contribution in [0.2, 0.25) is 0 Å². The molecule has 1 fully saturated rings. The zero-order chi connectivity index (χ0) is 22.7. The van der Waals surface area contributed by atoms with Crippen LogP contribution in [0.25, 0.3) is 0 Å². The maximum atomic E-state index is 12.6. The molecule has 30 heavy (non-hydrogen) atoms. The molecule has 5 atom stereocenters. The minimum absolute atomic E-state index is 0.0236. The standard InChI is InChI=1S/C20H35N3O6S/c1-12-4-5-14(10-16(12)24)19(28)23-15(6-7-18(26)27)20(29)21-11-17(25)22-13(2)8-9-30-3/h12-16,24H,4-11H2,1-3H3,(H,21,29)(H,22,25)(H,23,28)(H,26,27). The smallest absolute Gasteiger partial charge is 0.303 e. The van der Waals surface area contributed by atoms with Crippen molar-refractivity contribution in [3.63, 3.8) is 0 Å². The zero-order valence-electron chi connectivity index (χ0n) is 18.0. The Morgan fingerprint density at radius 1 is 1.13 bits per heavy atom. The molecule has 1 rings (SSSR count). The second kappa shape index (κ2) is 13.5. The fourth-order valence-electron chi connectivity index (χ4n) is 3.35. The number of carboxylic acids is 1. The summed E-state index contributed by atoms with van der Waals surface area (Å²) in [6, 6.07) is -1.07. The maximum absolute atomic E-state index is 12.6. The van der Waals surface area contributed by atoms with Crippen molar-refractivity contribution in [2.75, 3.05) is 18.6 Å². The largest absolute Gasteiger partial charge is 0.481 e. The Bertz CT molecular complexity index is 603. The third-order valence-electron chi connectivity index (χ3n) is 5.39. The van der Waals surface area contributed by atoms with E-state index >= 15 is 0 Å². The van der Waals surface area contributed by atoms with Crippen molar-refractivity contribution >= 4 is 35.5 Å². The molecule has 0 spiro atoms. The first-order chi connectivity index (χ1) is 14.1. The molecular weight excluding hydrogens is 410 g/mol. The molecule has 5 N–H and O–H groups in total. The first-order valence-electron chi connectivity index (χ1n) is 10.4. The Balaban J connectivity index is 2.59. The fraction of sp³-hybridized carbons (Fsp3) is 0.800. The topological polar surface area (TPSA) is 145 Å². The van der Waals surface area contributed by atoms with Crippen molar-refractivity contribution in [2.45, 2.75) is 70.6 Å². The van der Waals surface area contributed by atoms with E-state index in [1.54, 1.807) is 11.8 Å². The first-order valence-corrected chi connectivity index (χ1v) is 11.8. The molecule has 3 amide bonds. The van der Waals surface area contributed by atoms with E-state index in [0.29, 0.717) is 19.3 Å². The first kappa shape index (κ1) is 26.2. The van der Waals surface area contributed by atoms with Gasteiger partial charge in [0.1, 0.15) is 6.04 Å². The van der Waals surface area contributed by atoms with E-state index in [4.69, 9.17) is 5.11 Å². The Hall–Kier alpha value is -1.81. The van der Waals surface area contributed by atoms with Gasteiger partial charge in [-0.2, -0.15) is 11.8 Å². The number of carbonyl (C=O) groups is 4. The van der Waals surface area contributed by atoms with E-state index in [-0.39, 0.29) is 43.2 Å². The van der Waals surface area contributed by atoms with E-state index in [2.05, 4.69) is 16.0 Å². The van der Waals surface area contributed by atoms with Gasteiger partial charge in [-0.25, -0.2) is 0 Å². The molecule has 172 valence electrons. The molecule has 0 bridgehead atoms. The van der Waals surface area contributed by atoms with E-state index in [9.17, 15) is 24.3 Å². The Labute approximate surface area is 182 Å². The second-order valence-electron chi connectivity index (χ2n) is 8.02. The van der Waals surface area contributed by atoms with Gasteiger partial charge in [0, 0.05) is 18.4 Å². The van der Waals surface area contributed by atoms with Gasteiger partial charge < -0.3 is 26.2 Å². The van der Waals surface area contributed by atoms with E-state index in [1.165, 1.54) is 0 Å². The molecule has 10 heteroatoms. The minimum atomic E-state index is -1.08. The summed E-state index contributed by atoms with van der Waals surface area (Å²) in [6.45, 7) is 3.56. The van der Waals surface area contributed by atoms with Gasteiger partial charge >= 0.3 is 5.97 Å². The fourth-order valence-corrected chi connectivity index (χ4v) is 3.93. The zero-order valence-corrected chi connectivity index (χ0v) is 18.8. The van der Waals surface area contributed by atoms with Crippen molar-refractivity contribution < 1.29 is 29.4 Å². The van der Waals surface area contributed by atoms with E-state index < -0.39 is 29.9 Å². The van der Waals surface area contributed by atoms with Crippen molar-refractivity contribution in [1.29, 1.82) is 0 Å². The summed E-state index contributed by atoms with van der Waals surface area (Å²) in [7, 11) is 0. The summed E-state index contributed by atoms with van der Waals surface area (Å²) >= 11 is 1.68. The van der Waals surface area contributed by atoms with Crippen molar-refractivity contribution in [3.05, 3.63) is 0 Å². The molecule has 1 aliphatic carbocycles. The lowest BCUT2D eigenvalue weighted by molar-refractivity contribution is -0.138. The van der Waals surface area contributed by atoms with Crippen LogP contribution in [0.15, 0.2) is 0 Å². The van der Waals surface area contributed by atoms with E-state index in [1.807, 2.05) is 20.1 Å². The lowest BCUT2D eigenvalue weighted by Gasteiger charge is -2.31. The van der Waals surface area contributed by atoms with Gasteiger partial charge in [0.15, 0.2) is 0 Å². The minimum Gasteiger partial charge on any atom is -0.481 e. The number of aliphatic carboxylic acids is 1. The predicted octanol–water partition coefficient (Wildman–Crippen LogP) is 0.507. The number of aliphatic hydroxyl groups is 1. The van der Waals surface area contributed by atoms with Crippen LogP contribution >= 0.6 is 11.8 Å². The summed E-state index contributed by atoms with van der Waals surface area (Å²) in [4.78, 5) is 48.0. The number of amides is 3. The molecule has 0 aliphatic heterocycles. The van der Waals surface area contributed by atoms with Crippen LogP contribution in [0.3, 0.4) is 0 Å². The average molecular weight is 446 g/mol. The highest BCUT2D eigenvalue weighted by Crippen LogP contribution is 2.29. The third kappa shape index (κ3) is 9.80. The van der Waals surface area contributed by atoms with Gasteiger partial charge in [0.05, 0.1) is 12.6 Å². The average Bonchev–Trinajstić information content (AvgIpc) is 2.69. The third-order valence-corrected chi connectivity index (χ3v) is 6.03. The number of nitrogens with one attached hydrogen (secondary N) is 3. The summed E-state index contributed by atoms with van der Waals surface area (Å²) in [5.41, 5.74) is 0. The predicted molar refractivity (Wildman–Crippen MR) is 115 cm³/mol. The number of hydrogen-bond acceptors (Lipinski definition) is 6. The summed E-state index contributed by atoms with van der Waals surface area (Å²) in [5, 5.41) is 26.8. The molecule has 0 radical (unpaired) electrons. The number of hydrogen-bond donors (Lipinski definition) is 5. The number of rotatable bonds is 12. The molecule has 0 aromatic carbocycles. The number of carboxylic acid groups (broad SMARTS) is 1. The highest BCUT2D eigenvalue weighted by atomic mass is 32.2. The number of aliphatic hydroxyl groups excluding tert-OH is 1. The van der Waals surface area contributed by atoms with Gasteiger partial charge in [-0.05, 0) is 57.0 Å². The van der Waals surface area contributed by atoms with Crippen molar-refractivity contribution in [2.24, 2.45) is 11.8 Å². The molecular formula is C20H35N3O6S. The van der Waals surface area contributed by atoms with E-state index in [0.717, 1.165) is 12.2 Å². The molecule has 1 saturated carbocycles.